The first-order valence-electron chi connectivity index (χ1n) is 33.3. The highest BCUT2D eigenvalue weighted by molar-refractivity contribution is 7.13. The number of thiazole rings is 1. The minimum Gasteiger partial charge on any atom is -0.483 e. The van der Waals surface area contributed by atoms with Gasteiger partial charge in [0.05, 0.1) is 40.0 Å². The third-order valence-electron chi connectivity index (χ3n) is 19.3. The van der Waals surface area contributed by atoms with Gasteiger partial charge in [0.15, 0.2) is 12.3 Å². The predicted molar refractivity (Wildman–Crippen MR) is 353 cm³/mol. The smallest absolute Gasteiger partial charge is 0.258 e. The standard InChI is InChI=1S/C67H94F3N15O8S/c1-44-59(94-43-77-44)45-9-10-46(36-74-61(90)52-33-48(86)38-85(52)62(91)60(64(2,3)4)78-63(92)67(70)12-13-67)53(32-45)93-40-58(89)73-20-8-21-80-27-29-81(30-28-80)22-11-56(87)72-19-7-18-71-54-35-55(76-42-75-54)83-25-16-66(17-26-83)41-84(39-57(88)79-66)51-34-49(68)47(31-50(51)69)37-82-23-14-65(5,6)15-24-82/h9-10,31-32,34-35,42-43,48,52,60,86H,7-8,11-30,33,36-41H2,1-6H3,(H,72,87)(H,73,89)(H,74,90)(H,78,92)(H,79,88)(H,71,75,76)/t48-,52+,60-/m1/s1. The van der Waals surface area contributed by atoms with Crippen LogP contribution in [0.5, 0.6) is 5.75 Å². The minimum absolute atomic E-state index is 0.00914. The molecular weight excluding hydrogens is 1230 g/mol. The van der Waals surface area contributed by atoms with Gasteiger partial charge in [-0.15, -0.1) is 11.3 Å². The fourth-order valence-electron chi connectivity index (χ4n) is 13.1. The molecule has 2 aromatic carbocycles. The van der Waals surface area contributed by atoms with Crippen LogP contribution >= 0.6 is 11.3 Å². The number of β-amino-alcohol motifs (C(OH)–C–C–N with tert-alkyl or cyclic N) is 1. The number of piperidine rings is 2. The number of halogens is 3. The number of benzene rings is 2. The summed E-state index contributed by atoms with van der Waals surface area (Å²) in [6.45, 7) is 21.0. The van der Waals surface area contributed by atoms with Crippen LogP contribution in [0.4, 0.5) is 30.5 Å². The van der Waals surface area contributed by atoms with Crippen molar-refractivity contribution in [3.63, 3.8) is 0 Å². The van der Waals surface area contributed by atoms with Crippen LogP contribution < -0.4 is 46.4 Å². The van der Waals surface area contributed by atoms with Crippen molar-refractivity contribution in [1.82, 2.24) is 61.1 Å². The Labute approximate surface area is 553 Å². The fraction of sp³-hybridized carbons (Fsp3) is 0.627. The number of hydrogen-bond donors (Lipinski definition) is 7. The van der Waals surface area contributed by atoms with Crippen LogP contribution in [0.3, 0.4) is 0 Å². The van der Waals surface area contributed by atoms with E-state index in [0.717, 1.165) is 87.0 Å². The summed E-state index contributed by atoms with van der Waals surface area (Å²) in [4.78, 5) is 106. The van der Waals surface area contributed by atoms with E-state index in [-0.39, 0.29) is 74.3 Å². The van der Waals surface area contributed by atoms with Crippen LogP contribution in [0.25, 0.3) is 10.4 Å². The average Bonchev–Trinajstić information content (AvgIpc) is 1.78. The molecule has 5 aliphatic heterocycles. The average molecular weight is 1330 g/mol. The van der Waals surface area contributed by atoms with Crippen LogP contribution in [0.15, 0.2) is 48.2 Å². The number of piperazine rings is 2. The number of aliphatic hydroxyl groups is 1. The molecule has 2 aromatic heterocycles. The number of aliphatic hydroxyl groups excluding tert-OH is 1. The van der Waals surface area contributed by atoms with E-state index in [1.165, 1.54) is 34.7 Å². The number of carbonyl (C=O) groups is 6. The van der Waals surface area contributed by atoms with E-state index < -0.39 is 64.2 Å². The Balaban J connectivity index is 0.592. The Morgan fingerprint density at radius 2 is 1.51 bits per heavy atom. The SMILES string of the molecule is Cc1ncsc1-c1ccc(CNC(=O)[C@@H]2C[C@@H](O)CN2C(=O)[C@@H](NC(=O)C2(F)CC2)C(C)(C)C)c(OCC(=O)NCCCN2CCN(CCC(=O)NCCCNc3cc(N4CCC5(CC4)CN(c4cc(F)c(CN6CCC(C)(C)CC6)cc4F)CC(=O)N5)ncn3)CC2)c1. The third-order valence-corrected chi connectivity index (χ3v) is 20.3. The van der Waals surface area contributed by atoms with Gasteiger partial charge in [-0.1, -0.05) is 46.8 Å². The van der Waals surface area contributed by atoms with Gasteiger partial charge in [-0.25, -0.2) is 28.1 Å². The zero-order valence-electron chi connectivity index (χ0n) is 55.2. The molecule has 94 heavy (non-hydrogen) atoms. The van der Waals surface area contributed by atoms with Gasteiger partial charge in [-0.05, 0) is 106 Å². The zero-order chi connectivity index (χ0) is 67.0. The maximum Gasteiger partial charge on any atom is 0.258 e. The Morgan fingerprint density at radius 1 is 0.798 bits per heavy atom. The maximum atomic E-state index is 15.7. The molecule has 6 fully saturated rings. The van der Waals surface area contributed by atoms with Crippen molar-refractivity contribution in [3.05, 3.63) is 76.7 Å². The van der Waals surface area contributed by atoms with Crippen LogP contribution in [-0.2, 0) is 41.9 Å². The van der Waals surface area contributed by atoms with Crippen LogP contribution in [0.2, 0.25) is 0 Å². The highest BCUT2D eigenvalue weighted by Gasteiger charge is 2.53. The molecule has 6 aliphatic rings. The Morgan fingerprint density at radius 3 is 2.21 bits per heavy atom. The zero-order valence-corrected chi connectivity index (χ0v) is 56.0. The molecule has 0 unspecified atom stereocenters. The molecule has 7 N–H and O–H groups in total. The summed E-state index contributed by atoms with van der Waals surface area (Å²) < 4.78 is 52.1. The lowest BCUT2D eigenvalue weighted by atomic mass is 9.82. The molecule has 1 spiro atoms. The van der Waals surface area contributed by atoms with E-state index in [0.29, 0.717) is 101 Å². The lowest BCUT2D eigenvalue weighted by Gasteiger charge is -2.48. The number of carbonyl (C=O) groups excluding carboxylic acids is 6. The summed E-state index contributed by atoms with van der Waals surface area (Å²) in [7, 11) is 0. The van der Waals surface area contributed by atoms with Gasteiger partial charge < -0.3 is 66.2 Å². The van der Waals surface area contributed by atoms with Crippen molar-refractivity contribution in [2.75, 3.05) is 126 Å². The van der Waals surface area contributed by atoms with Crippen LogP contribution in [0.1, 0.15) is 116 Å². The summed E-state index contributed by atoms with van der Waals surface area (Å²) in [5.74, 6) is -1.70. The van der Waals surface area contributed by atoms with E-state index in [1.807, 2.05) is 19.1 Å². The number of likely N-dealkylation sites (tertiary alicyclic amines) is 2. The minimum atomic E-state index is -2.00. The number of anilines is 3. The van der Waals surface area contributed by atoms with Crippen LogP contribution in [-0.4, -0.2) is 216 Å². The highest BCUT2D eigenvalue weighted by Crippen LogP contribution is 2.41. The number of nitrogens with zero attached hydrogens (tertiary/aromatic N) is 9. The molecule has 10 rings (SSSR count). The molecule has 27 heteroatoms. The molecule has 0 bridgehead atoms. The Kier molecular flexibility index (Phi) is 22.4. The van der Waals surface area contributed by atoms with Crippen LogP contribution in [0, 0.1) is 29.4 Å². The summed E-state index contributed by atoms with van der Waals surface area (Å²) in [6.07, 6.45) is 5.68. The number of hydrogen-bond acceptors (Lipinski definition) is 18. The van der Waals surface area contributed by atoms with Gasteiger partial charge in [-0.2, -0.15) is 0 Å². The predicted octanol–water partition coefficient (Wildman–Crippen LogP) is 4.91. The first-order chi connectivity index (χ1) is 44.8. The van der Waals surface area contributed by atoms with Gasteiger partial charge in [0.25, 0.3) is 11.8 Å². The lowest BCUT2D eigenvalue weighted by Crippen LogP contribution is -2.66. The molecule has 4 aromatic rings. The van der Waals surface area contributed by atoms with Gasteiger partial charge in [0, 0.05) is 128 Å². The first kappa shape index (κ1) is 69.6. The molecule has 512 valence electrons. The molecule has 0 radical (unpaired) electrons. The number of aromatic nitrogens is 3. The molecule has 23 nitrogen and oxygen atoms in total. The largest absolute Gasteiger partial charge is 0.483 e. The maximum absolute atomic E-state index is 15.7. The highest BCUT2D eigenvalue weighted by atomic mass is 32.1. The normalized spacial score (nSPS) is 20.9. The van der Waals surface area contributed by atoms with E-state index in [1.54, 1.807) is 43.3 Å². The molecule has 6 amide bonds. The molecule has 1 aliphatic carbocycles. The summed E-state index contributed by atoms with van der Waals surface area (Å²) >= 11 is 1.46. The van der Waals surface area contributed by atoms with Crippen molar-refractivity contribution in [2.24, 2.45) is 10.8 Å². The number of ether oxygens (including phenoxy) is 1. The molecule has 3 atom stereocenters. The summed E-state index contributed by atoms with van der Waals surface area (Å²) in [5, 5.41) is 28.7. The third kappa shape index (κ3) is 18.2. The number of nitrogens with one attached hydrogen (secondary N) is 6. The van der Waals surface area contributed by atoms with Crippen molar-refractivity contribution in [3.8, 4) is 16.2 Å². The molecule has 7 heterocycles. The second-order valence-corrected chi connectivity index (χ2v) is 29.1. The molecular formula is C67H94F3N15O8S. The monoisotopic (exact) mass is 1330 g/mol. The molecule has 1 saturated carbocycles. The second-order valence-electron chi connectivity index (χ2n) is 28.3. The van der Waals surface area contributed by atoms with Gasteiger partial charge >= 0.3 is 0 Å². The van der Waals surface area contributed by atoms with E-state index in [2.05, 4.69) is 80.3 Å². The van der Waals surface area contributed by atoms with Gasteiger partial charge in [0.2, 0.25) is 23.6 Å². The number of alkyl halides is 1. The first-order valence-corrected chi connectivity index (χ1v) is 34.2. The quantitative estimate of drug-likeness (QED) is 0.0412. The second kappa shape index (κ2) is 30.3. The number of amides is 6. The summed E-state index contributed by atoms with van der Waals surface area (Å²) in [6, 6.07) is 7.76. The van der Waals surface area contributed by atoms with Crippen molar-refractivity contribution < 1.29 is 51.8 Å². The van der Waals surface area contributed by atoms with E-state index >= 15 is 8.78 Å². The molecule has 5 saturated heterocycles. The van der Waals surface area contributed by atoms with Crippen molar-refractivity contribution in [1.29, 1.82) is 0 Å². The topological polar surface area (TPSA) is 262 Å². The van der Waals surface area contributed by atoms with E-state index in [4.69, 9.17) is 4.74 Å². The van der Waals surface area contributed by atoms with E-state index in [9.17, 15) is 38.3 Å². The number of rotatable bonds is 26. The van der Waals surface area contributed by atoms with Crippen molar-refractivity contribution in [2.45, 2.75) is 148 Å². The van der Waals surface area contributed by atoms with Crippen molar-refractivity contribution >= 4 is 64.1 Å². The lowest BCUT2D eigenvalue weighted by molar-refractivity contribution is -0.145. The van der Waals surface area contributed by atoms with Gasteiger partial charge in [-0.3, -0.25) is 33.7 Å². The number of aryl methyl sites for hydroxylation is 1. The van der Waals surface area contributed by atoms with Gasteiger partial charge in [0.1, 0.15) is 47.4 Å². The fourth-order valence-corrected chi connectivity index (χ4v) is 13.9. The Bertz CT molecular complexity index is 3340. The Hall–Kier alpha value is -7.20. The summed E-state index contributed by atoms with van der Waals surface area (Å²) in [5.41, 5.74) is 1.25.